The summed E-state index contributed by atoms with van der Waals surface area (Å²) < 4.78 is 5.09. The predicted molar refractivity (Wildman–Crippen MR) is 107 cm³/mol. The number of aromatic nitrogens is 2. The number of carbonyl (C=O) groups is 2. The van der Waals surface area contributed by atoms with Gasteiger partial charge in [0, 0.05) is 36.4 Å². The molecule has 28 heavy (non-hydrogen) atoms. The lowest BCUT2D eigenvalue weighted by molar-refractivity contribution is -0.114. The van der Waals surface area contributed by atoms with Crippen LogP contribution in [0, 0.1) is 0 Å². The molecule has 2 aromatic carbocycles. The molecule has 3 aromatic rings. The van der Waals surface area contributed by atoms with E-state index in [9.17, 15) is 9.59 Å². The maximum Gasteiger partial charge on any atom is 0.258 e. The fourth-order valence-corrected chi connectivity index (χ4v) is 2.39. The van der Waals surface area contributed by atoms with Crippen LogP contribution in [0.3, 0.4) is 0 Å². The van der Waals surface area contributed by atoms with E-state index in [1.807, 2.05) is 6.07 Å². The Kier molecular flexibility index (Phi) is 5.81. The Bertz CT molecular complexity index is 972. The summed E-state index contributed by atoms with van der Waals surface area (Å²) in [6.45, 7) is 1.44. The Morgan fingerprint density at radius 3 is 2.21 bits per heavy atom. The van der Waals surface area contributed by atoms with Gasteiger partial charge in [-0.05, 0) is 42.5 Å². The van der Waals surface area contributed by atoms with Gasteiger partial charge < -0.3 is 20.7 Å². The van der Waals surface area contributed by atoms with Gasteiger partial charge in [0.25, 0.3) is 5.91 Å². The molecule has 0 radical (unpaired) electrons. The number of nitrogens with one attached hydrogen (secondary N) is 3. The van der Waals surface area contributed by atoms with Gasteiger partial charge in [-0.15, -0.1) is 0 Å². The minimum atomic E-state index is -0.315. The van der Waals surface area contributed by atoms with Crippen LogP contribution in [0.15, 0.2) is 60.9 Å². The molecule has 0 aliphatic carbocycles. The van der Waals surface area contributed by atoms with E-state index >= 15 is 0 Å². The highest BCUT2D eigenvalue weighted by molar-refractivity contribution is 6.03. The van der Waals surface area contributed by atoms with E-state index in [1.165, 1.54) is 19.3 Å². The monoisotopic (exact) mass is 377 g/mol. The third-order valence-electron chi connectivity index (χ3n) is 3.70. The molecule has 0 bridgehead atoms. The molecule has 8 nitrogen and oxygen atoms in total. The van der Waals surface area contributed by atoms with Gasteiger partial charge in [-0.25, -0.2) is 9.97 Å². The van der Waals surface area contributed by atoms with E-state index in [-0.39, 0.29) is 11.8 Å². The Hall–Kier alpha value is -3.94. The third-order valence-corrected chi connectivity index (χ3v) is 3.70. The lowest BCUT2D eigenvalue weighted by atomic mass is 10.2. The Labute approximate surface area is 162 Å². The largest absolute Gasteiger partial charge is 0.497 e. The molecule has 1 heterocycles. The van der Waals surface area contributed by atoms with Crippen LogP contribution in [0.2, 0.25) is 0 Å². The minimum Gasteiger partial charge on any atom is -0.497 e. The molecule has 0 saturated heterocycles. The molecule has 3 N–H and O–H groups in total. The van der Waals surface area contributed by atoms with Crippen LogP contribution in [0.5, 0.6) is 5.75 Å². The first-order valence-electron chi connectivity index (χ1n) is 8.45. The van der Waals surface area contributed by atoms with Crippen molar-refractivity contribution in [1.29, 1.82) is 0 Å². The summed E-state index contributed by atoms with van der Waals surface area (Å²) in [5.41, 5.74) is 2.34. The predicted octanol–water partition coefficient (Wildman–Crippen LogP) is 3.44. The summed E-state index contributed by atoms with van der Waals surface area (Å²) >= 11 is 0. The van der Waals surface area contributed by atoms with Crippen LogP contribution in [-0.2, 0) is 4.79 Å². The van der Waals surface area contributed by atoms with Gasteiger partial charge in [-0.2, -0.15) is 0 Å². The van der Waals surface area contributed by atoms with Crippen LogP contribution in [-0.4, -0.2) is 28.9 Å². The number of anilines is 4. The van der Waals surface area contributed by atoms with Crippen molar-refractivity contribution in [3.63, 3.8) is 0 Å². The highest BCUT2D eigenvalue weighted by atomic mass is 16.5. The Morgan fingerprint density at radius 2 is 1.57 bits per heavy atom. The minimum absolute atomic E-state index is 0.152. The number of amides is 2. The van der Waals surface area contributed by atoms with E-state index < -0.39 is 0 Å². The average Bonchev–Trinajstić information content (AvgIpc) is 2.69. The Morgan fingerprint density at radius 1 is 0.893 bits per heavy atom. The topological polar surface area (TPSA) is 105 Å². The summed E-state index contributed by atoms with van der Waals surface area (Å²) in [4.78, 5) is 31.8. The quantitative estimate of drug-likeness (QED) is 0.608. The number of benzene rings is 2. The molecule has 0 spiro atoms. The molecule has 0 fully saturated rings. The van der Waals surface area contributed by atoms with Crippen LogP contribution < -0.4 is 20.7 Å². The molecule has 2 amide bonds. The van der Waals surface area contributed by atoms with Gasteiger partial charge in [0.15, 0.2) is 0 Å². The first kappa shape index (κ1) is 18.8. The first-order valence-corrected chi connectivity index (χ1v) is 8.45. The van der Waals surface area contributed by atoms with Crippen LogP contribution in [0.1, 0.15) is 17.3 Å². The third kappa shape index (κ3) is 5.04. The molecule has 1 aromatic heterocycles. The molecule has 0 aliphatic heterocycles. The molecule has 3 rings (SSSR count). The van der Waals surface area contributed by atoms with Crippen molar-refractivity contribution in [1.82, 2.24) is 9.97 Å². The summed E-state index contributed by atoms with van der Waals surface area (Å²) in [7, 11) is 1.58. The van der Waals surface area contributed by atoms with Gasteiger partial charge in [-0.1, -0.05) is 6.07 Å². The van der Waals surface area contributed by atoms with Gasteiger partial charge >= 0.3 is 0 Å². The average molecular weight is 377 g/mol. The van der Waals surface area contributed by atoms with Gasteiger partial charge in [0.1, 0.15) is 5.75 Å². The van der Waals surface area contributed by atoms with E-state index in [2.05, 4.69) is 25.9 Å². The lowest BCUT2D eigenvalue weighted by Gasteiger charge is -2.08. The highest BCUT2D eigenvalue weighted by Gasteiger charge is 2.08. The molecule has 142 valence electrons. The lowest BCUT2D eigenvalue weighted by Crippen LogP contribution is -2.13. The number of hydrogen-bond donors (Lipinski definition) is 3. The fraction of sp³-hybridized carbons (Fsp3) is 0.100. The molecular formula is C20H19N5O3. The Balaban J connectivity index is 1.64. The summed E-state index contributed by atoms with van der Waals surface area (Å²) in [6.07, 6.45) is 2.87. The van der Waals surface area contributed by atoms with E-state index in [0.717, 1.165) is 0 Å². The standard InChI is InChI=1S/C20H19N5O3/c1-13(26)23-16-4-3-5-17(10-16)25-20-21-11-14(12-22-20)19(27)24-15-6-8-18(28-2)9-7-15/h3-12H,1-2H3,(H,23,26)(H,24,27)(H,21,22,25). The maximum absolute atomic E-state index is 12.3. The van der Waals surface area contributed by atoms with Crippen molar-refractivity contribution in [2.24, 2.45) is 0 Å². The first-order chi connectivity index (χ1) is 13.5. The molecule has 0 aliphatic rings. The van der Waals surface area contributed by atoms with E-state index in [0.29, 0.717) is 34.3 Å². The van der Waals surface area contributed by atoms with Crippen molar-refractivity contribution in [3.8, 4) is 5.75 Å². The number of hydrogen-bond acceptors (Lipinski definition) is 6. The van der Waals surface area contributed by atoms with Crippen LogP contribution in [0.4, 0.5) is 23.0 Å². The summed E-state index contributed by atoms with van der Waals surface area (Å²) in [6, 6.07) is 14.2. The second-order valence-corrected chi connectivity index (χ2v) is 5.86. The summed E-state index contributed by atoms with van der Waals surface area (Å²) in [5.74, 6) is 0.574. The van der Waals surface area contributed by atoms with Gasteiger partial charge in [-0.3, -0.25) is 9.59 Å². The second kappa shape index (κ2) is 8.63. The maximum atomic E-state index is 12.3. The van der Waals surface area contributed by atoms with Crippen LogP contribution >= 0.6 is 0 Å². The van der Waals surface area contributed by atoms with Gasteiger partial charge in [0.05, 0.1) is 12.7 Å². The number of carbonyl (C=O) groups excluding carboxylic acids is 2. The SMILES string of the molecule is COc1ccc(NC(=O)c2cnc(Nc3cccc(NC(C)=O)c3)nc2)cc1. The number of ether oxygens (including phenoxy) is 1. The number of nitrogens with zero attached hydrogens (tertiary/aromatic N) is 2. The van der Waals surface area contributed by atoms with Crippen molar-refractivity contribution in [3.05, 3.63) is 66.5 Å². The zero-order valence-electron chi connectivity index (χ0n) is 15.4. The highest BCUT2D eigenvalue weighted by Crippen LogP contribution is 2.19. The molecule has 0 unspecified atom stereocenters. The molecule has 0 atom stereocenters. The van der Waals surface area contributed by atoms with E-state index in [1.54, 1.807) is 49.6 Å². The van der Waals surface area contributed by atoms with Crippen molar-refractivity contribution in [2.45, 2.75) is 6.92 Å². The van der Waals surface area contributed by atoms with Gasteiger partial charge in [0.2, 0.25) is 11.9 Å². The fourth-order valence-electron chi connectivity index (χ4n) is 2.39. The van der Waals surface area contributed by atoms with Crippen molar-refractivity contribution < 1.29 is 14.3 Å². The zero-order valence-corrected chi connectivity index (χ0v) is 15.4. The summed E-state index contributed by atoms with van der Waals surface area (Å²) in [5, 5.41) is 8.50. The van der Waals surface area contributed by atoms with E-state index in [4.69, 9.17) is 4.74 Å². The van der Waals surface area contributed by atoms with Crippen molar-refractivity contribution >= 4 is 34.8 Å². The zero-order chi connectivity index (χ0) is 19.9. The molecule has 8 heteroatoms. The van der Waals surface area contributed by atoms with Crippen LogP contribution in [0.25, 0.3) is 0 Å². The normalized spacial score (nSPS) is 10.1. The number of rotatable bonds is 6. The van der Waals surface area contributed by atoms with Crippen molar-refractivity contribution in [2.75, 3.05) is 23.1 Å². The number of methoxy groups -OCH3 is 1. The molecule has 0 saturated carbocycles. The smallest absolute Gasteiger partial charge is 0.258 e. The molecular weight excluding hydrogens is 358 g/mol. The second-order valence-electron chi connectivity index (χ2n) is 5.86.